The fourth-order valence-corrected chi connectivity index (χ4v) is 2.14. The zero-order chi connectivity index (χ0) is 12.4. The number of phenols is 1. The quantitative estimate of drug-likeness (QED) is 0.810. The second kappa shape index (κ2) is 4.96. The van der Waals surface area contributed by atoms with Gasteiger partial charge in [0.1, 0.15) is 5.75 Å². The maximum absolute atomic E-state index is 11.9. The van der Waals surface area contributed by atoms with Gasteiger partial charge in [0.2, 0.25) is 0 Å². The second-order valence-electron chi connectivity index (χ2n) is 4.56. The van der Waals surface area contributed by atoms with E-state index in [0.29, 0.717) is 18.0 Å². The van der Waals surface area contributed by atoms with Gasteiger partial charge in [0.15, 0.2) is 0 Å². The van der Waals surface area contributed by atoms with Crippen molar-refractivity contribution in [3.05, 3.63) is 29.3 Å². The van der Waals surface area contributed by atoms with E-state index in [-0.39, 0.29) is 17.0 Å². The number of aryl methyl sites for hydroxylation is 1. The molecule has 0 heterocycles. The van der Waals surface area contributed by atoms with Gasteiger partial charge < -0.3 is 10.4 Å². The van der Waals surface area contributed by atoms with Crippen molar-refractivity contribution in [1.29, 1.82) is 0 Å². The number of amides is 1. The first kappa shape index (κ1) is 12.2. The Labute approximate surface area is 106 Å². The maximum atomic E-state index is 11.9. The standard InChI is InChI=1S/C13H16ClNO2/c1-8-6-10(16)4-5-11(8)13(17)15-7-12(14)9-2-3-9/h4-6,9,12,16H,2-3,7H2,1H3,(H,15,17). The van der Waals surface area contributed by atoms with Crippen molar-refractivity contribution in [1.82, 2.24) is 5.32 Å². The van der Waals surface area contributed by atoms with Gasteiger partial charge in [-0.05, 0) is 49.4 Å². The first-order chi connectivity index (χ1) is 8.08. The van der Waals surface area contributed by atoms with Gasteiger partial charge in [-0.3, -0.25) is 4.79 Å². The Bertz CT molecular complexity index is 429. The van der Waals surface area contributed by atoms with E-state index in [1.54, 1.807) is 19.1 Å². The minimum absolute atomic E-state index is 0.0383. The highest BCUT2D eigenvalue weighted by Gasteiger charge is 2.29. The van der Waals surface area contributed by atoms with E-state index >= 15 is 0 Å². The molecule has 92 valence electrons. The minimum atomic E-state index is -0.131. The Hall–Kier alpha value is -1.22. The first-order valence-corrected chi connectivity index (χ1v) is 6.23. The smallest absolute Gasteiger partial charge is 0.251 e. The Balaban J connectivity index is 1.94. The summed E-state index contributed by atoms with van der Waals surface area (Å²) in [5.41, 5.74) is 1.35. The molecule has 2 N–H and O–H groups in total. The predicted octanol–water partition coefficient (Wildman–Crippen LogP) is 2.45. The Morgan fingerprint density at radius 3 is 2.88 bits per heavy atom. The monoisotopic (exact) mass is 253 g/mol. The Morgan fingerprint density at radius 1 is 1.59 bits per heavy atom. The van der Waals surface area contributed by atoms with Crippen molar-refractivity contribution in [2.75, 3.05) is 6.54 Å². The molecule has 17 heavy (non-hydrogen) atoms. The fourth-order valence-electron chi connectivity index (χ4n) is 1.81. The molecule has 1 atom stereocenters. The molecular weight excluding hydrogens is 238 g/mol. The molecule has 1 unspecified atom stereocenters. The van der Waals surface area contributed by atoms with E-state index in [2.05, 4.69) is 5.32 Å². The zero-order valence-electron chi connectivity index (χ0n) is 9.74. The third kappa shape index (κ3) is 3.13. The van der Waals surface area contributed by atoms with Gasteiger partial charge in [0.25, 0.3) is 5.91 Å². The van der Waals surface area contributed by atoms with Gasteiger partial charge in [-0.25, -0.2) is 0 Å². The van der Waals surface area contributed by atoms with Crippen LogP contribution in [0.1, 0.15) is 28.8 Å². The zero-order valence-corrected chi connectivity index (χ0v) is 10.5. The molecule has 0 radical (unpaired) electrons. The summed E-state index contributed by atoms with van der Waals surface area (Å²) in [7, 11) is 0. The summed E-state index contributed by atoms with van der Waals surface area (Å²) in [5.74, 6) is 0.610. The topological polar surface area (TPSA) is 49.3 Å². The van der Waals surface area contributed by atoms with Crippen LogP contribution in [0.25, 0.3) is 0 Å². The molecule has 1 aliphatic carbocycles. The van der Waals surface area contributed by atoms with Crippen LogP contribution in [0.2, 0.25) is 0 Å². The van der Waals surface area contributed by atoms with Crippen LogP contribution in [-0.4, -0.2) is 22.9 Å². The van der Waals surface area contributed by atoms with E-state index in [0.717, 1.165) is 5.56 Å². The summed E-state index contributed by atoms with van der Waals surface area (Å²) in [6, 6.07) is 4.72. The van der Waals surface area contributed by atoms with Gasteiger partial charge >= 0.3 is 0 Å². The molecule has 1 saturated carbocycles. The van der Waals surface area contributed by atoms with Gasteiger partial charge in [-0.2, -0.15) is 0 Å². The number of nitrogens with one attached hydrogen (secondary N) is 1. The van der Waals surface area contributed by atoms with Crippen molar-refractivity contribution in [2.45, 2.75) is 25.1 Å². The summed E-state index contributed by atoms with van der Waals surface area (Å²) >= 11 is 6.12. The molecule has 4 heteroatoms. The third-order valence-corrected chi connectivity index (χ3v) is 3.56. The molecule has 0 spiro atoms. The highest BCUT2D eigenvalue weighted by Crippen LogP contribution is 2.35. The number of carbonyl (C=O) groups excluding carboxylic acids is 1. The van der Waals surface area contributed by atoms with Gasteiger partial charge in [0, 0.05) is 12.1 Å². The van der Waals surface area contributed by atoms with Crippen LogP contribution < -0.4 is 5.32 Å². The number of phenolic OH excluding ortho intramolecular Hbond substituents is 1. The number of hydrogen-bond donors (Lipinski definition) is 2. The molecule has 1 fully saturated rings. The van der Waals surface area contributed by atoms with Crippen LogP contribution in [0, 0.1) is 12.8 Å². The number of halogens is 1. The van der Waals surface area contributed by atoms with Crippen LogP contribution in [0.3, 0.4) is 0 Å². The Kier molecular flexibility index (Phi) is 3.57. The number of alkyl halides is 1. The average molecular weight is 254 g/mol. The first-order valence-electron chi connectivity index (χ1n) is 5.80. The van der Waals surface area contributed by atoms with Crippen LogP contribution in [0.5, 0.6) is 5.75 Å². The van der Waals surface area contributed by atoms with Crippen molar-refractivity contribution >= 4 is 17.5 Å². The molecule has 1 aliphatic rings. The summed E-state index contributed by atoms with van der Waals surface area (Å²) < 4.78 is 0. The summed E-state index contributed by atoms with van der Waals surface area (Å²) in [5, 5.41) is 12.1. The SMILES string of the molecule is Cc1cc(O)ccc1C(=O)NCC(Cl)C1CC1. The largest absolute Gasteiger partial charge is 0.508 e. The molecule has 0 saturated heterocycles. The predicted molar refractivity (Wildman–Crippen MR) is 67.5 cm³/mol. The van der Waals surface area contributed by atoms with E-state index in [9.17, 15) is 9.90 Å². The molecule has 1 amide bonds. The Morgan fingerprint density at radius 2 is 2.29 bits per heavy atom. The molecule has 0 aromatic heterocycles. The second-order valence-corrected chi connectivity index (χ2v) is 5.12. The van der Waals surface area contributed by atoms with E-state index < -0.39 is 0 Å². The van der Waals surface area contributed by atoms with Crippen LogP contribution >= 0.6 is 11.6 Å². The number of rotatable bonds is 4. The molecule has 3 nitrogen and oxygen atoms in total. The van der Waals surface area contributed by atoms with Crippen molar-refractivity contribution < 1.29 is 9.90 Å². The maximum Gasteiger partial charge on any atom is 0.251 e. The van der Waals surface area contributed by atoms with Crippen LogP contribution in [-0.2, 0) is 0 Å². The van der Waals surface area contributed by atoms with E-state index in [1.807, 2.05) is 0 Å². The van der Waals surface area contributed by atoms with Crippen molar-refractivity contribution in [3.63, 3.8) is 0 Å². The lowest BCUT2D eigenvalue weighted by atomic mass is 10.1. The molecule has 1 aromatic carbocycles. The normalized spacial score (nSPS) is 16.6. The van der Waals surface area contributed by atoms with Gasteiger partial charge in [-0.15, -0.1) is 11.6 Å². The number of hydrogen-bond acceptors (Lipinski definition) is 2. The number of carbonyl (C=O) groups is 1. The molecule has 1 aromatic rings. The lowest BCUT2D eigenvalue weighted by Gasteiger charge is -2.11. The summed E-state index contributed by atoms with van der Waals surface area (Å²) in [6.45, 7) is 2.30. The molecule has 2 rings (SSSR count). The van der Waals surface area contributed by atoms with Crippen molar-refractivity contribution in [3.8, 4) is 5.75 Å². The van der Waals surface area contributed by atoms with E-state index in [4.69, 9.17) is 11.6 Å². The summed E-state index contributed by atoms with van der Waals surface area (Å²) in [4.78, 5) is 11.9. The van der Waals surface area contributed by atoms with Gasteiger partial charge in [0.05, 0.1) is 5.38 Å². The van der Waals surface area contributed by atoms with Crippen molar-refractivity contribution in [2.24, 2.45) is 5.92 Å². The van der Waals surface area contributed by atoms with Crippen LogP contribution in [0.15, 0.2) is 18.2 Å². The number of aromatic hydroxyl groups is 1. The fraction of sp³-hybridized carbons (Fsp3) is 0.462. The third-order valence-electron chi connectivity index (χ3n) is 3.05. The lowest BCUT2D eigenvalue weighted by molar-refractivity contribution is 0.0952. The average Bonchev–Trinajstić information content (AvgIpc) is 3.09. The number of benzene rings is 1. The molecular formula is C13H16ClNO2. The highest BCUT2D eigenvalue weighted by atomic mass is 35.5. The lowest BCUT2D eigenvalue weighted by Crippen LogP contribution is -2.31. The molecule has 0 bridgehead atoms. The van der Waals surface area contributed by atoms with E-state index in [1.165, 1.54) is 18.9 Å². The summed E-state index contributed by atoms with van der Waals surface area (Å²) in [6.07, 6.45) is 2.34. The highest BCUT2D eigenvalue weighted by molar-refractivity contribution is 6.21. The minimum Gasteiger partial charge on any atom is -0.508 e. The van der Waals surface area contributed by atoms with Gasteiger partial charge in [-0.1, -0.05) is 0 Å². The van der Waals surface area contributed by atoms with Crippen LogP contribution in [0.4, 0.5) is 0 Å². The molecule has 0 aliphatic heterocycles.